The molecule has 0 aliphatic carbocycles. The smallest absolute Gasteiger partial charge is 0.257 e. The summed E-state index contributed by atoms with van der Waals surface area (Å²) < 4.78 is 5.30. The van der Waals surface area contributed by atoms with Gasteiger partial charge in [0.1, 0.15) is 5.75 Å². The highest BCUT2D eigenvalue weighted by Gasteiger charge is 2.11. The lowest BCUT2D eigenvalue weighted by molar-refractivity contribution is 0.102. The summed E-state index contributed by atoms with van der Waals surface area (Å²) in [6.45, 7) is 3.80. The third-order valence-corrected chi connectivity index (χ3v) is 3.71. The Labute approximate surface area is 149 Å². The number of aromatic nitrogens is 1. The fraction of sp³-hybridized carbons (Fsp3) is 0.368. The summed E-state index contributed by atoms with van der Waals surface area (Å²) in [4.78, 5) is 18.8. The Balaban J connectivity index is 2.02. The van der Waals surface area contributed by atoms with Crippen LogP contribution in [0.2, 0.25) is 0 Å². The molecular weight excluding hydrogens is 316 g/mol. The molecule has 0 radical (unpaired) electrons. The summed E-state index contributed by atoms with van der Waals surface area (Å²) in [6, 6.07) is 7.47. The molecule has 6 heteroatoms. The molecule has 0 bridgehead atoms. The molecule has 2 aromatic rings. The van der Waals surface area contributed by atoms with Crippen LogP contribution in [0.5, 0.6) is 5.75 Å². The van der Waals surface area contributed by atoms with Gasteiger partial charge in [-0.3, -0.25) is 9.78 Å². The summed E-state index contributed by atoms with van der Waals surface area (Å²) >= 11 is 0. The van der Waals surface area contributed by atoms with Gasteiger partial charge in [0, 0.05) is 18.9 Å². The van der Waals surface area contributed by atoms with E-state index >= 15 is 0 Å². The maximum atomic E-state index is 12.5. The molecule has 2 rings (SSSR count). The first-order valence-corrected chi connectivity index (χ1v) is 8.29. The molecule has 1 heterocycles. The number of benzene rings is 1. The molecule has 1 aromatic heterocycles. The lowest BCUT2D eigenvalue weighted by Gasteiger charge is -2.12. The van der Waals surface area contributed by atoms with Crippen LogP contribution in [0.15, 0.2) is 36.7 Å². The topological polar surface area (TPSA) is 66.5 Å². The van der Waals surface area contributed by atoms with E-state index in [0.29, 0.717) is 17.0 Å². The van der Waals surface area contributed by atoms with Crippen LogP contribution >= 0.6 is 0 Å². The summed E-state index contributed by atoms with van der Waals surface area (Å²) in [5, 5.41) is 6.19. The number of nitrogens with one attached hydrogen (secondary N) is 2. The number of aryl methyl sites for hydroxylation is 1. The first kappa shape index (κ1) is 18.7. The normalized spacial score (nSPS) is 10.6. The summed E-state index contributed by atoms with van der Waals surface area (Å²) in [6.07, 6.45) is 4.30. The van der Waals surface area contributed by atoms with Crippen molar-refractivity contribution in [3.63, 3.8) is 0 Å². The second-order valence-corrected chi connectivity index (χ2v) is 6.20. The van der Waals surface area contributed by atoms with E-state index in [-0.39, 0.29) is 5.91 Å². The molecule has 0 saturated carbocycles. The number of pyridine rings is 1. The van der Waals surface area contributed by atoms with E-state index in [1.165, 1.54) is 0 Å². The van der Waals surface area contributed by atoms with Crippen molar-refractivity contribution in [1.29, 1.82) is 0 Å². The van der Waals surface area contributed by atoms with E-state index in [0.717, 1.165) is 30.8 Å². The largest absolute Gasteiger partial charge is 0.495 e. The molecule has 0 atom stereocenters. The molecule has 1 amide bonds. The van der Waals surface area contributed by atoms with Gasteiger partial charge in [0.2, 0.25) is 0 Å². The van der Waals surface area contributed by atoms with Crippen molar-refractivity contribution in [2.75, 3.05) is 44.9 Å². The lowest BCUT2D eigenvalue weighted by atomic mass is 10.2. The molecule has 0 unspecified atom stereocenters. The maximum Gasteiger partial charge on any atom is 0.257 e. The fourth-order valence-corrected chi connectivity index (χ4v) is 2.40. The number of hydrogen-bond acceptors (Lipinski definition) is 5. The highest BCUT2D eigenvalue weighted by atomic mass is 16.5. The zero-order valence-electron chi connectivity index (χ0n) is 15.3. The molecule has 134 valence electrons. The number of carbonyl (C=O) groups excluding carboxylic acids is 1. The van der Waals surface area contributed by atoms with Gasteiger partial charge in [0.05, 0.1) is 24.0 Å². The molecule has 6 nitrogen and oxygen atoms in total. The summed E-state index contributed by atoms with van der Waals surface area (Å²) in [7, 11) is 5.68. The average Bonchev–Trinajstić information content (AvgIpc) is 2.59. The van der Waals surface area contributed by atoms with Gasteiger partial charge in [-0.25, -0.2) is 0 Å². The summed E-state index contributed by atoms with van der Waals surface area (Å²) in [5.74, 6) is 0.415. The van der Waals surface area contributed by atoms with Crippen molar-refractivity contribution in [2.45, 2.75) is 13.3 Å². The number of nitrogens with zero attached hydrogens (tertiary/aromatic N) is 2. The zero-order chi connectivity index (χ0) is 18.2. The molecule has 0 fully saturated rings. The molecule has 0 aliphatic rings. The van der Waals surface area contributed by atoms with Crippen molar-refractivity contribution in [1.82, 2.24) is 9.88 Å². The van der Waals surface area contributed by atoms with E-state index in [2.05, 4.69) is 20.5 Å². The van der Waals surface area contributed by atoms with Gasteiger partial charge in [-0.15, -0.1) is 0 Å². The van der Waals surface area contributed by atoms with E-state index in [1.54, 1.807) is 25.6 Å². The Kier molecular flexibility index (Phi) is 6.77. The third-order valence-electron chi connectivity index (χ3n) is 3.71. The Bertz CT molecular complexity index is 716. The van der Waals surface area contributed by atoms with Crippen LogP contribution in [0, 0.1) is 6.92 Å². The second kappa shape index (κ2) is 9.03. The molecule has 0 aliphatic heterocycles. The SMILES string of the molecule is COc1ccc(C)cc1NC(=O)c1cncc(NCCCN(C)C)c1. The van der Waals surface area contributed by atoms with E-state index < -0.39 is 0 Å². The standard InChI is InChI=1S/C19H26N4O2/c1-14-6-7-18(25-4)17(10-14)22-19(24)15-11-16(13-20-12-15)21-8-5-9-23(2)3/h6-7,10-13,21H,5,8-9H2,1-4H3,(H,22,24). The third kappa shape index (κ3) is 5.76. The van der Waals surface area contributed by atoms with Gasteiger partial charge in [-0.1, -0.05) is 6.07 Å². The fourth-order valence-electron chi connectivity index (χ4n) is 2.40. The van der Waals surface area contributed by atoms with Gasteiger partial charge in [0.25, 0.3) is 5.91 Å². The predicted octanol–water partition coefficient (Wildman–Crippen LogP) is 3.01. The molecule has 0 spiro atoms. The summed E-state index contributed by atoms with van der Waals surface area (Å²) in [5.41, 5.74) is 3.03. The number of methoxy groups -OCH3 is 1. The van der Waals surface area contributed by atoms with Crippen molar-refractivity contribution < 1.29 is 9.53 Å². The first-order chi connectivity index (χ1) is 12.0. The molecule has 1 aromatic carbocycles. The van der Waals surface area contributed by atoms with Crippen LogP contribution in [0.1, 0.15) is 22.3 Å². The van der Waals surface area contributed by atoms with Crippen LogP contribution in [0.3, 0.4) is 0 Å². The van der Waals surface area contributed by atoms with Crippen LogP contribution in [-0.2, 0) is 0 Å². The van der Waals surface area contributed by atoms with Crippen LogP contribution in [0.25, 0.3) is 0 Å². The van der Waals surface area contributed by atoms with Gasteiger partial charge in [-0.05, 0) is 57.7 Å². The molecule has 2 N–H and O–H groups in total. The number of hydrogen-bond donors (Lipinski definition) is 2. The van der Waals surface area contributed by atoms with E-state index in [9.17, 15) is 4.79 Å². The lowest BCUT2D eigenvalue weighted by Crippen LogP contribution is -2.17. The highest BCUT2D eigenvalue weighted by Crippen LogP contribution is 2.25. The second-order valence-electron chi connectivity index (χ2n) is 6.20. The van der Waals surface area contributed by atoms with Crippen molar-refractivity contribution in [2.24, 2.45) is 0 Å². The maximum absolute atomic E-state index is 12.5. The Morgan fingerprint density at radius 2 is 2.04 bits per heavy atom. The van der Waals surface area contributed by atoms with E-state index in [1.807, 2.05) is 39.2 Å². The van der Waals surface area contributed by atoms with Gasteiger partial charge in [0.15, 0.2) is 0 Å². The van der Waals surface area contributed by atoms with Gasteiger partial charge < -0.3 is 20.3 Å². The monoisotopic (exact) mass is 342 g/mol. The highest BCUT2D eigenvalue weighted by molar-refractivity contribution is 6.05. The van der Waals surface area contributed by atoms with Crippen LogP contribution < -0.4 is 15.4 Å². The van der Waals surface area contributed by atoms with Crippen LogP contribution in [0.4, 0.5) is 11.4 Å². The molecule has 0 saturated heterocycles. The van der Waals surface area contributed by atoms with Crippen molar-refractivity contribution in [3.8, 4) is 5.75 Å². The number of carbonyl (C=O) groups is 1. The van der Waals surface area contributed by atoms with Gasteiger partial charge >= 0.3 is 0 Å². The van der Waals surface area contributed by atoms with Crippen molar-refractivity contribution >= 4 is 17.3 Å². The predicted molar refractivity (Wildman–Crippen MR) is 102 cm³/mol. The number of anilines is 2. The molecule has 25 heavy (non-hydrogen) atoms. The molecular formula is C19H26N4O2. The number of rotatable bonds is 8. The minimum atomic E-state index is -0.214. The van der Waals surface area contributed by atoms with E-state index in [4.69, 9.17) is 4.74 Å². The number of ether oxygens (including phenoxy) is 1. The Morgan fingerprint density at radius 1 is 1.24 bits per heavy atom. The average molecular weight is 342 g/mol. The Morgan fingerprint density at radius 3 is 2.76 bits per heavy atom. The van der Waals surface area contributed by atoms with Gasteiger partial charge in [-0.2, -0.15) is 0 Å². The van der Waals surface area contributed by atoms with Crippen molar-refractivity contribution in [3.05, 3.63) is 47.8 Å². The first-order valence-electron chi connectivity index (χ1n) is 8.29. The quantitative estimate of drug-likeness (QED) is 0.722. The number of amides is 1. The Hall–Kier alpha value is -2.60. The zero-order valence-corrected chi connectivity index (χ0v) is 15.3. The minimum Gasteiger partial charge on any atom is -0.495 e. The minimum absolute atomic E-state index is 0.214. The van der Waals surface area contributed by atoms with Crippen LogP contribution in [-0.4, -0.2) is 50.1 Å².